The molecule has 0 spiro atoms. The fraction of sp³-hybridized carbons (Fsp3) is 0.478. The average molecular weight is 463 g/mol. The molecule has 33 heavy (non-hydrogen) atoms. The second kappa shape index (κ2) is 6.59. The third-order valence-electron chi connectivity index (χ3n) is 6.55. The number of rotatable bonds is 1. The minimum atomic E-state index is -4.80. The van der Waals surface area contributed by atoms with E-state index in [2.05, 4.69) is 0 Å². The van der Waals surface area contributed by atoms with E-state index in [0.29, 0.717) is 18.9 Å². The molecule has 176 valence electrons. The average Bonchev–Trinajstić information content (AvgIpc) is 3.19. The van der Waals surface area contributed by atoms with Crippen LogP contribution in [0, 0.1) is 11.3 Å². The summed E-state index contributed by atoms with van der Waals surface area (Å²) in [6.07, 6.45) is -4.47. The number of ether oxygens (including phenoxy) is 1. The minimum absolute atomic E-state index is 0.152. The molecule has 0 aliphatic carbocycles. The molecule has 0 radical (unpaired) electrons. The molecule has 2 aromatic rings. The molecule has 2 N–H and O–H groups in total. The van der Waals surface area contributed by atoms with Gasteiger partial charge in [0.05, 0.1) is 34.0 Å². The number of carbonyl (C=O) groups is 1. The second-order valence-corrected chi connectivity index (χ2v) is 9.94. The first kappa shape index (κ1) is 22.8. The van der Waals surface area contributed by atoms with Crippen LogP contribution in [0.4, 0.5) is 18.0 Å². The van der Waals surface area contributed by atoms with Gasteiger partial charge in [0.15, 0.2) is 0 Å². The summed E-state index contributed by atoms with van der Waals surface area (Å²) in [5.74, 6) is -0.917. The summed E-state index contributed by atoms with van der Waals surface area (Å²) >= 11 is 0. The van der Waals surface area contributed by atoms with Gasteiger partial charge in [-0.25, -0.2) is 4.79 Å². The maximum atomic E-state index is 13.5. The molecule has 2 aliphatic heterocycles. The van der Waals surface area contributed by atoms with Crippen molar-refractivity contribution in [2.24, 2.45) is 0 Å². The lowest BCUT2D eigenvalue weighted by Crippen LogP contribution is -2.48. The van der Waals surface area contributed by atoms with Gasteiger partial charge in [0.25, 0.3) is 0 Å². The highest BCUT2D eigenvalue weighted by molar-refractivity contribution is 5.77. The lowest BCUT2D eigenvalue weighted by Gasteiger charge is -2.37. The number of hydrogen-bond donors (Lipinski definition) is 2. The zero-order valence-corrected chi connectivity index (χ0v) is 18.8. The van der Waals surface area contributed by atoms with Crippen molar-refractivity contribution in [2.45, 2.75) is 70.3 Å². The van der Waals surface area contributed by atoms with Crippen LogP contribution in [0.2, 0.25) is 0 Å². The number of benzene rings is 1. The summed E-state index contributed by atoms with van der Waals surface area (Å²) in [5, 5.41) is 31.3. The third kappa shape index (κ3) is 3.05. The molecular formula is C23H24F3N3O4. The lowest BCUT2D eigenvalue weighted by atomic mass is 9.80. The van der Waals surface area contributed by atoms with Crippen molar-refractivity contribution in [2.75, 3.05) is 0 Å². The summed E-state index contributed by atoms with van der Waals surface area (Å²) in [6.45, 7) is 8.65. The highest BCUT2D eigenvalue weighted by Crippen LogP contribution is 2.66. The Kier molecular flexibility index (Phi) is 4.56. The van der Waals surface area contributed by atoms with Crippen LogP contribution in [-0.4, -0.2) is 31.4 Å². The van der Waals surface area contributed by atoms with Crippen molar-refractivity contribution >= 4 is 6.09 Å². The maximum absolute atomic E-state index is 13.5. The fourth-order valence-electron chi connectivity index (χ4n) is 5.25. The second-order valence-electron chi connectivity index (χ2n) is 9.94. The molecule has 4 rings (SSSR count). The van der Waals surface area contributed by atoms with Crippen LogP contribution < -0.4 is 0 Å². The summed E-state index contributed by atoms with van der Waals surface area (Å²) in [5.41, 5.74) is -4.17. The summed E-state index contributed by atoms with van der Waals surface area (Å²) < 4.78 is 46.9. The van der Waals surface area contributed by atoms with Gasteiger partial charge in [-0.05, 0) is 65.7 Å². The van der Waals surface area contributed by atoms with Crippen LogP contribution in [0.5, 0.6) is 11.8 Å². The maximum Gasteiger partial charge on any atom is 0.417 e. The molecule has 0 saturated carbocycles. The Bertz CT molecular complexity index is 1180. The fourth-order valence-corrected chi connectivity index (χ4v) is 5.25. The van der Waals surface area contributed by atoms with E-state index < -0.39 is 51.8 Å². The Balaban J connectivity index is 1.90. The monoisotopic (exact) mass is 463 g/mol. The van der Waals surface area contributed by atoms with Crippen LogP contribution in [0.25, 0.3) is 5.69 Å². The number of nitrogens with zero attached hydrogens (tertiary/aromatic N) is 3. The van der Waals surface area contributed by atoms with Crippen molar-refractivity contribution in [3.05, 3.63) is 40.5 Å². The number of carbonyl (C=O) groups excluding carboxylic acids is 1. The largest absolute Gasteiger partial charge is 0.494 e. The molecule has 1 aromatic carbocycles. The predicted molar refractivity (Wildman–Crippen MR) is 111 cm³/mol. The van der Waals surface area contributed by atoms with Gasteiger partial charge in [-0.1, -0.05) is 0 Å². The van der Waals surface area contributed by atoms with E-state index in [4.69, 9.17) is 10.00 Å². The topological polar surface area (TPSA) is 98.7 Å². The molecular weight excluding hydrogens is 439 g/mol. The normalized spacial score (nSPS) is 24.0. The molecule has 2 unspecified atom stereocenters. The summed E-state index contributed by atoms with van der Waals surface area (Å²) in [6, 6.07) is 4.44. The van der Waals surface area contributed by atoms with Crippen LogP contribution in [0.15, 0.2) is 18.2 Å². The van der Waals surface area contributed by atoms with Crippen LogP contribution in [0.3, 0.4) is 0 Å². The summed E-state index contributed by atoms with van der Waals surface area (Å²) in [4.78, 5) is 14.6. The van der Waals surface area contributed by atoms with Gasteiger partial charge < -0.3 is 14.9 Å². The zero-order chi connectivity index (χ0) is 24.7. The van der Waals surface area contributed by atoms with Gasteiger partial charge in [-0.15, -0.1) is 0 Å². The lowest BCUT2D eigenvalue weighted by molar-refractivity contribution is -0.137. The first-order chi connectivity index (χ1) is 15.1. The van der Waals surface area contributed by atoms with E-state index >= 15 is 0 Å². The van der Waals surface area contributed by atoms with Crippen LogP contribution in [0.1, 0.15) is 69.7 Å². The molecule has 1 aromatic heterocycles. The Morgan fingerprint density at radius 2 is 1.61 bits per heavy atom. The first-order valence-corrected chi connectivity index (χ1v) is 10.4. The number of amides is 1. The van der Waals surface area contributed by atoms with E-state index in [9.17, 15) is 28.2 Å². The Hall–Kier alpha value is -3.35. The number of halogens is 3. The van der Waals surface area contributed by atoms with Gasteiger partial charge in [-0.2, -0.15) is 18.4 Å². The van der Waals surface area contributed by atoms with E-state index in [1.54, 1.807) is 34.6 Å². The standard InChI is InChI=1S/C23H24F3N3O4/c1-20(2,3)33-19(32)29-21(4)8-9-22(29,5)16-15(21)17(30)28(18(16)31)13-7-6-12(11-27)14(10-13)23(24,25)26/h6-7,10,30-31H,8-9H2,1-5H3. The van der Waals surface area contributed by atoms with Crippen molar-refractivity contribution in [3.8, 4) is 23.5 Å². The first-order valence-electron chi connectivity index (χ1n) is 10.4. The third-order valence-corrected chi connectivity index (χ3v) is 6.55. The molecule has 1 saturated heterocycles. The number of aromatic hydroxyl groups is 2. The molecule has 3 heterocycles. The van der Waals surface area contributed by atoms with Crippen molar-refractivity contribution < 1.29 is 32.9 Å². The number of nitriles is 1. The zero-order valence-electron chi connectivity index (χ0n) is 18.8. The van der Waals surface area contributed by atoms with Gasteiger partial charge in [0.2, 0.25) is 11.8 Å². The van der Waals surface area contributed by atoms with Crippen LogP contribution in [-0.2, 0) is 22.0 Å². The Labute approximate surface area is 188 Å². The number of aromatic nitrogens is 1. The molecule has 2 bridgehead atoms. The van der Waals surface area contributed by atoms with Gasteiger partial charge >= 0.3 is 12.3 Å². The van der Waals surface area contributed by atoms with Gasteiger partial charge in [0, 0.05) is 11.1 Å². The Morgan fingerprint density at radius 3 is 2.03 bits per heavy atom. The number of hydrogen-bond acceptors (Lipinski definition) is 5. The van der Waals surface area contributed by atoms with Gasteiger partial charge in [-0.3, -0.25) is 9.47 Å². The Morgan fingerprint density at radius 1 is 1.09 bits per heavy atom. The van der Waals surface area contributed by atoms with Gasteiger partial charge in [0.1, 0.15) is 5.60 Å². The highest BCUT2D eigenvalue weighted by Gasteiger charge is 2.66. The van der Waals surface area contributed by atoms with Crippen molar-refractivity contribution in [1.82, 2.24) is 9.47 Å². The number of alkyl halides is 3. The van der Waals surface area contributed by atoms with E-state index in [1.807, 2.05) is 0 Å². The molecule has 7 nitrogen and oxygen atoms in total. The van der Waals surface area contributed by atoms with Crippen molar-refractivity contribution in [1.29, 1.82) is 5.26 Å². The highest BCUT2D eigenvalue weighted by atomic mass is 19.4. The molecule has 1 fully saturated rings. The predicted octanol–water partition coefficient (Wildman–Crippen LogP) is 5.25. The minimum Gasteiger partial charge on any atom is -0.494 e. The summed E-state index contributed by atoms with van der Waals surface area (Å²) in [7, 11) is 0. The molecule has 10 heteroatoms. The molecule has 1 amide bonds. The van der Waals surface area contributed by atoms with E-state index in [-0.39, 0.29) is 16.8 Å². The molecule has 2 aliphatic rings. The quantitative estimate of drug-likeness (QED) is 0.602. The number of fused-ring (bicyclic) bond motifs is 5. The SMILES string of the molecule is CC(C)(C)OC(=O)N1C2(C)CCC1(C)c1c2c(O)n(-c2ccc(C#N)c(C(F)(F)F)c2)c1O. The van der Waals surface area contributed by atoms with E-state index in [0.717, 1.165) is 10.6 Å². The van der Waals surface area contributed by atoms with Crippen molar-refractivity contribution in [3.63, 3.8) is 0 Å². The molecule has 2 atom stereocenters. The van der Waals surface area contributed by atoms with Crippen LogP contribution >= 0.6 is 0 Å². The smallest absolute Gasteiger partial charge is 0.417 e. The van der Waals surface area contributed by atoms with E-state index in [1.165, 1.54) is 17.0 Å².